The number of carbonyl (C=O) groups is 4. The first-order chi connectivity index (χ1) is 24.2. The highest BCUT2D eigenvalue weighted by molar-refractivity contribution is 6.39. The Morgan fingerprint density at radius 1 is 0.400 bits per heavy atom. The number of hydrogen-bond acceptors (Lipinski definition) is 12. The van der Waals surface area contributed by atoms with Crippen LogP contribution in [-0.4, -0.2) is 105 Å². The fraction of sp³-hybridized carbons (Fsp3) is 0.368. The van der Waals surface area contributed by atoms with Crippen LogP contribution in [0.3, 0.4) is 0 Å². The van der Waals surface area contributed by atoms with Crippen LogP contribution >= 0.6 is 0 Å². The van der Waals surface area contributed by atoms with Gasteiger partial charge in [0.05, 0.1) is 48.7 Å². The van der Waals surface area contributed by atoms with Gasteiger partial charge >= 0.3 is 23.9 Å². The Morgan fingerprint density at radius 2 is 0.700 bits per heavy atom. The topological polar surface area (TPSA) is 142 Å². The molecule has 5 aromatic rings. The molecular formula is C38H40O12. The minimum Gasteiger partial charge on any atom is -0.460 e. The van der Waals surface area contributed by atoms with Gasteiger partial charge in [-0.05, 0) is 81.6 Å². The van der Waals surface area contributed by atoms with E-state index in [-0.39, 0.29) is 75.1 Å². The molecule has 264 valence electrons. The summed E-state index contributed by atoms with van der Waals surface area (Å²) in [5.74, 6) is -2.53. The van der Waals surface area contributed by atoms with Gasteiger partial charge in [-0.1, -0.05) is 12.1 Å². The maximum absolute atomic E-state index is 13.6. The Balaban J connectivity index is 1.91. The lowest BCUT2D eigenvalue weighted by molar-refractivity contribution is 0.0376. The van der Waals surface area contributed by atoms with E-state index in [1.54, 1.807) is 36.4 Å². The number of methoxy groups -OCH3 is 4. The van der Waals surface area contributed by atoms with Crippen molar-refractivity contribution in [3.05, 3.63) is 69.8 Å². The van der Waals surface area contributed by atoms with Gasteiger partial charge in [-0.2, -0.15) is 0 Å². The van der Waals surface area contributed by atoms with E-state index in [1.807, 2.05) is 13.8 Å². The highest BCUT2D eigenvalue weighted by Crippen LogP contribution is 2.46. The standard InChI is InChI=1S/C38H40O12/c1-21-19-27(37(41)49-17-13-45-5)31-25(35(39)47-15-11-43-3)10-8-24-30-22(2)20-28(38(42)50-18-14-46-6)32-26(36(40)48-16-12-44-4)9-7-23(34(30)32)29(21)33(24)31/h7-10,19-20H,11-18H2,1-6H3. The van der Waals surface area contributed by atoms with Gasteiger partial charge in [-0.3, -0.25) is 0 Å². The van der Waals surface area contributed by atoms with Crippen molar-refractivity contribution in [2.24, 2.45) is 0 Å². The number of ether oxygens (including phenoxy) is 8. The van der Waals surface area contributed by atoms with Gasteiger partial charge < -0.3 is 37.9 Å². The van der Waals surface area contributed by atoms with Crippen LogP contribution in [0.5, 0.6) is 0 Å². The lowest BCUT2D eigenvalue weighted by atomic mass is 9.81. The van der Waals surface area contributed by atoms with E-state index in [0.717, 1.165) is 10.8 Å². The smallest absolute Gasteiger partial charge is 0.338 e. The average Bonchev–Trinajstić information content (AvgIpc) is 3.10. The van der Waals surface area contributed by atoms with Crippen LogP contribution in [0.4, 0.5) is 0 Å². The van der Waals surface area contributed by atoms with Gasteiger partial charge in [0.1, 0.15) is 26.4 Å². The third-order valence-electron chi connectivity index (χ3n) is 8.46. The van der Waals surface area contributed by atoms with E-state index < -0.39 is 23.9 Å². The molecule has 0 saturated carbocycles. The summed E-state index contributed by atoms with van der Waals surface area (Å²) >= 11 is 0. The van der Waals surface area contributed by atoms with Crippen LogP contribution in [-0.2, 0) is 37.9 Å². The number of aryl methyl sites for hydroxylation is 2. The minimum atomic E-state index is -0.634. The highest BCUT2D eigenvalue weighted by Gasteiger charge is 2.29. The summed E-state index contributed by atoms with van der Waals surface area (Å²) < 4.78 is 42.4. The molecule has 0 aliphatic heterocycles. The Labute approximate surface area is 288 Å². The first-order valence-corrected chi connectivity index (χ1v) is 16.1. The van der Waals surface area contributed by atoms with Crippen LogP contribution < -0.4 is 0 Å². The monoisotopic (exact) mass is 688 g/mol. The summed E-state index contributed by atoms with van der Waals surface area (Å²) in [4.78, 5) is 54.4. The van der Waals surface area contributed by atoms with Crippen LogP contribution in [0.15, 0.2) is 36.4 Å². The summed E-state index contributed by atoms with van der Waals surface area (Å²) in [6, 6.07) is 10.2. The first-order valence-electron chi connectivity index (χ1n) is 16.1. The van der Waals surface area contributed by atoms with Gasteiger partial charge in [0, 0.05) is 39.2 Å². The first kappa shape index (κ1) is 36.4. The second kappa shape index (κ2) is 16.2. The molecule has 0 radical (unpaired) electrons. The maximum Gasteiger partial charge on any atom is 0.338 e. The summed E-state index contributed by atoms with van der Waals surface area (Å²) in [5.41, 5.74) is 2.13. The van der Waals surface area contributed by atoms with Gasteiger partial charge in [-0.15, -0.1) is 0 Å². The van der Waals surface area contributed by atoms with Gasteiger partial charge in [-0.25, -0.2) is 19.2 Å². The van der Waals surface area contributed by atoms with E-state index in [2.05, 4.69) is 0 Å². The summed E-state index contributed by atoms with van der Waals surface area (Å²) in [6.45, 7) is 4.53. The van der Waals surface area contributed by atoms with Crippen LogP contribution in [0.2, 0.25) is 0 Å². The van der Waals surface area contributed by atoms with Crippen molar-refractivity contribution in [3.8, 4) is 0 Å². The zero-order chi connectivity index (χ0) is 35.9. The summed E-state index contributed by atoms with van der Waals surface area (Å²) in [6.07, 6.45) is 0. The molecule has 12 nitrogen and oxygen atoms in total. The molecule has 12 heteroatoms. The molecule has 0 heterocycles. The van der Waals surface area contributed by atoms with E-state index in [0.29, 0.717) is 43.4 Å². The van der Waals surface area contributed by atoms with Gasteiger partial charge in [0.15, 0.2) is 0 Å². The number of benzene rings is 5. The zero-order valence-electron chi connectivity index (χ0n) is 29.0. The molecule has 0 bridgehead atoms. The summed E-state index contributed by atoms with van der Waals surface area (Å²) in [7, 11) is 6.01. The third-order valence-corrected chi connectivity index (χ3v) is 8.46. The Morgan fingerprint density at radius 3 is 1.00 bits per heavy atom. The molecule has 5 aromatic carbocycles. The van der Waals surface area contributed by atoms with Gasteiger partial charge in [0.2, 0.25) is 0 Å². The van der Waals surface area contributed by atoms with Crippen molar-refractivity contribution < 1.29 is 57.1 Å². The fourth-order valence-electron chi connectivity index (χ4n) is 6.36. The number of carbonyl (C=O) groups excluding carboxylic acids is 4. The van der Waals surface area contributed by atoms with Crippen molar-refractivity contribution in [1.82, 2.24) is 0 Å². The molecule has 0 aliphatic rings. The minimum absolute atomic E-state index is 0.0126. The normalized spacial score (nSPS) is 11.5. The van der Waals surface area contributed by atoms with Crippen LogP contribution in [0.25, 0.3) is 43.1 Å². The van der Waals surface area contributed by atoms with E-state index in [4.69, 9.17) is 37.9 Å². The lowest BCUT2D eigenvalue weighted by Crippen LogP contribution is -2.15. The van der Waals surface area contributed by atoms with Crippen molar-refractivity contribution in [2.75, 3.05) is 81.3 Å². The van der Waals surface area contributed by atoms with Crippen molar-refractivity contribution in [1.29, 1.82) is 0 Å². The van der Waals surface area contributed by atoms with E-state index >= 15 is 0 Å². The predicted molar refractivity (Wildman–Crippen MR) is 186 cm³/mol. The quantitative estimate of drug-likeness (QED) is 0.0421. The second-order valence-electron chi connectivity index (χ2n) is 11.6. The van der Waals surface area contributed by atoms with E-state index in [1.165, 1.54) is 28.4 Å². The Kier molecular flexibility index (Phi) is 11.8. The SMILES string of the molecule is COCCOC(=O)c1ccc2c3c(C)cc(C(=O)OCCOC)c4c(C(=O)OCCOC)ccc(c5c(C)cc(C(=O)OCCOC)c1c25)c43. The maximum atomic E-state index is 13.6. The molecule has 0 spiro atoms. The van der Waals surface area contributed by atoms with Crippen LogP contribution in [0, 0.1) is 13.8 Å². The fourth-order valence-corrected chi connectivity index (χ4v) is 6.36. The molecular weight excluding hydrogens is 648 g/mol. The number of hydrogen-bond donors (Lipinski definition) is 0. The molecule has 0 saturated heterocycles. The molecule has 0 fully saturated rings. The van der Waals surface area contributed by atoms with Crippen molar-refractivity contribution >= 4 is 67.0 Å². The molecule has 0 amide bonds. The molecule has 0 aromatic heterocycles. The molecule has 0 N–H and O–H groups in total. The molecule has 0 aliphatic carbocycles. The van der Waals surface area contributed by atoms with E-state index in [9.17, 15) is 19.2 Å². The van der Waals surface area contributed by atoms with Crippen molar-refractivity contribution in [2.45, 2.75) is 13.8 Å². The number of esters is 4. The molecule has 0 unspecified atom stereocenters. The zero-order valence-corrected chi connectivity index (χ0v) is 29.0. The molecule has 50 heavy (non-hydrogen) atoms. The number of fused-ring (bicyclic) bond motifs is 2. The average molecular weight is 689 g/mol. The van der Waals surface area contributed by atoms with Gasteiger partial charge in [0.25, 0.3) is 0 Å². The Bertz CT molecular complexity index is 1920. The predicted octanol–water partition coefficient (Wildman–Crippen LogP) is 5.57. The highest BCUT2D eigenvalue weighted by atomic mass is 16.6. The lowest BCUT2D eigenvalue weighted by Gasteiger charge is -2.22. The Hall–Kier alpha value is -4.88. The largest absolute Gasteiger partial charge is 0.460 e. The second-order valence-corrected chi connectivity index (χ2v) is 11.6. The third kappa shape index (κ3) is 6.92. The van der Waals surface area contributed by atoms with Crippen LogP contribution in [0.1, 0.15) is 52.6 Å². The summed E-state index contributed by atoms with van der Waals surface area (Å²) in [5, 5.41) is 4.80. The number of rotatable bonds is 16. The molecule has 0 atom stereocenters. The molecule has 5 rings (SSSR count). The van der Waals surface area contributed by atoms with Crippen molar-refractivity contribution in [3.63, 3.8) is 0 Å².